The Kier molecular flexibility index (Phi) is 5.77. The lowest BCUT2D eigenvalue weighted by Crippen LogP contribution is -2.33. The molecule has 0 bridgehead atoms. The number of halogens is 2. The Labute approximate surface area is 132 Å². The van der Waals surface area contributed by atoms with Gasteiger partial charge in [-0.25, -0.2) is 0 Å². The number of nitrogens with two attached hydrogens (primary N) is 1. The predicted octanol–water partition coefficient (Wildman–Crippen LogP) is 5.18. The van der Waals surface area contributed by atoms with Gasteiger partial charge in [0.1, 0.15) is 0 Å². The summed E-state index contributed by atoms with van der Waals surface area (Å²) in [6.07, 6.45) is 4.84. The molecule has 2 N–H and O–H groups in total. The maximum Gasteiger partial charge on any atom is 0.0439 e. The quantitative estimate of drug-likeness (QED) is 0.814. The van der Waals surface area contributed by atoms with Crippen molar-refractivity contribution in [1.29, 1.82) is 0 Å². The molecule has 0 spiro atoms. The highest BCUT2D eigenvalue weighted by Gasteiger charge is 2.31. The lowest BCUT2D eigenvalue weighted by Gasteiger charge is -2.37. The molecule has 20 heavy (non-hydrogen) atoms. The molecule has 0 radical (unpaired) electrons. The first-order chi connectivity index (χ1) is 9.51. The normalized spacial score (nSPS) is 27.0. The molecular formula is C17H25Cl2N. The molecule has 1 aromatic carbocycles. The molecule has 3 unspecified atom stereocenters. The van der Waals surface area contributed by atoms with Crippen molar-refractivity contribution in [2.75, 3.05) is 6.54 Å². The number of rotatable bonds is 4. The Morgan fingerprint density at radius 3 is 2.60 bits per heavy atom. The Morgan fingerprint density at radius 2 is 1.95 bits per heavy atom. The van der Waals surface area contributed by atoms with Gasteiger partial charge in [0.05, 0.1) is 0 Å². The zero-order valence-electron chi connectivity index (χ0n) is 12.4. The van der Waals surface area contributed by atoms with E-state index >= 15 is 0 Å². The van der Waals surface area contributed by atoms with Crippen LogP contribution in [0.4, 0.5) is 0 Å². The van der Waals surface area contributed by atoms with E-state index in [0.29, 0.717) is 11.8 Å². The Balaban J connectivity index is 2.13. The number of benzene rings is 1. The van der Waals surface area contributed by atoms with E-state index in [4.69, 9.17) is 28.9 Å². The second-order valence-corrected chi connectivity index (χ2v) is 7.36. The van der Waals surface area contributed by atoms with Gasteiger partial charge in [0.25, 0.3) is 0 Å². The molecule has 0 heterocycles. The number of hydrogen-bond acceptors (Lipinski definition) is 1. The summed E-state index contributed by atoms with van der Waals surface area (Å²) in [5, 5.41) is 1.60. The molecule has 0 saturated heterocycles. The molecule has 1 aliphatic carbocycles. The molecule has 1 saturated carbocycles. The van der Waals surface area contributed by atoms with Gasteiger partial charge in [-0.1, -0.05) is 37.0 Å². The standard InChI is InChI=1S/C17H25Cl2N/c1-11(2)12-3-4-13(10-20)14(7-12)8-15-9-16(18)5-6-17(15)19/h5-6,9,11-14H,3-4,7-8,10,20H2,1-2H3. The minimum atomic E-state index is 0.625. The van der Waals surface area contributed by atoms with Gasteiger partial charge >= 0.3 is 0 Å². The van der Waals surface area contributed by atoms with E-state index in [2.05, 4.69) is 13.8 Å². The van der Waals surface area contributed by atoms with Crippen molar-refractivity contribution in [2.45, 2.75) is 39.5 Å². The van der Waals surface area contributed by atoms with Crippen LogP contribution in [0.3, 0.4) is 0 Å². The summed E-state index contributed by atoms with van der Waals surface area (Å²) in [5.74, 6) is 2.84. The highest BCUT2D eigenvalue weighted by molar-refractivity contribution is 6.33. The van der Waals surface area contributed by atoms with Crippen molar-refractivity contribution < 1.29 is 0 Å². The molecule has 3 heteroatoms. The van der Waals surface area contributed by atoms with Crippen LogP contribution in [0.15, 0.2) is 18.2 Å². The van der Waals surface area contributed by atoms with Gasteiger partial charge in [-0.15, -0.1) is 0 Å². The van der Waals surface area contributed by atoms with E-state index in [1.807, 2.05) is 18.2 Å². The van der Waals surface area contributed by atoms with Crippen LogP contribution in [0.5, 0.6) is 0 Å². The van der Waals surface area contributed by atoms with Crippen LogP contribution in [0, 0.1) is 23.7 Å². The Hall–Kier alpha value is -0.240. The molecule has 1 aliphatic rings. The summed E-state index contributed by atoms with van der Waals surface area (Å²) in [7, 11) is 0. The monoisotopic (exact) mass is 313 g/mol. The van der Waals surface area contributed by atoms with Gasteiger partial charge < -0.3 is 5.73 Å². The minimum Gasteiger partial charge on any atom is -0.330 e. The van der Waals surface area contributed by atoms with Gasteiger partial charge in [-0.2, -0.15) is 0 Å². The first-order valence-electron chi connectivity index (χ1n) is 7.65. The van der Waals surface area contributed by atoms with Crippen molar-refractivity contribution in [3.05, 3.63) is 33.8 Å². The third kappa shape index (κ3) is 3.90. The van der Waals surface area contributed by atoms with E-state index in [1.54, 1.807) is 0 Å². The maximum absolute atomic E-state index is 6.32. The Morgan fingerprint density at radius 1 is 1.20 bits per heavy atom. The minimum absolute atomic E-state index is 0.625. The van der Waals surface area contributed by atoms with Crippen molar-refractivity contribution in [3.8, 4) is 0 Å². The van der Waals surface area contributed by atoms with Crippen molar-refractivity contribution in [3.63, 3.8) is 0 Å². The zero-order valence-corrected chi connectivity index (χ0v) is 13.9. The largest absolute Gasteiger partial charge is 0.330 e. The summed E-state index contributed by atoms with van der Waals surface area (Å²) < 4.78 is 0. The second-order valence-electron chi connectivity index (χ2n) is 6.51. The average Bonchev–Trinajstić information content (AvgIpc) is 2.42. The van der Waals surface area contributed by atoms with E-state index in [9.17, 15) is 0 Å². The van der Waals surface area contributed by atoms with Crippen LogP contribution in [0.1, 0.15) is 38.7 Å². The van der Waals surface area contributed by atoms with Gasteiger partial charge in [0, 0.05) is 10.0 Å². The fraction of sp³-hybridized carbons (Fsp3) is 0.647. The molecule has 112 valence electrons. The van der Waals surface area contributed by atoms with Gasteiger partial charge in [-0.3, -0.25) is 0 Å². The van der Waals surface area contributed by atoms with E-state index in [0.717, 1.165) is 34.8 Å². The molecule has 1 nitrogen and oxygen atoms in total. The van der Waals surface area contributed by atoms with Gasteiger partial charge in [-0.05, 0) is 79.7 Å². The third-order valence-corrected chi connectivity index (χ3v) is 5.52. The van der Waals surface area contributed by atoms with Crippen LogP contribution >= 0.6 is 23.2 Å². The fourth-order valence-electron chi connectivity index (χ4n) is 3.51. The van der Waals surface area contributed by atoms with Crippen LogP contribution in [0.25, 0.3) is 0 Å². The summed E-state index contributed by atoms with van der Waals surface area (Å²) in [5.41, 5.74) is 7.15. The summed E-state index contributed by atoms with van der Waals surface area (Å²) in [6.45, 7) is 5.45. The van der Waals surface area contributed by atoms with E-state index < -0.39 is 0 Å². The predicted molar refractivity (Wildman–Crippen MR) is 88.4 cm³/mol. The van der Waals surface area contributed by atoms with Crippen LogP contribution in [-0.2, 0) is 6.42 Å². The molecule has 1 fully saturated rings. The summed E-state index contributed by atoms with van der Waals surface area (Å²) in [6, 6.07) is 5.77. The van der Waals surface area contributed by atoms with Crippen LogP contribution in [-0.4, -0.2) is 6.54 Å². The van der Waals surface area contributed by atoms with Gasteiger partial charge in [0.15, 0.2) is 0 Å². The third-order valence-electron chi connectivity index (χ3n) is 4.92. The highest BCUT2D eigenvalue weighted by atomic mass is 35.5. The molecule has 0 aromatic heterocycles. The average molecular weight is 314 g/mol. The smallest absolute Gasteiger partial charge is 0.0439 e. The number of hydrogen-bond donors (Lipinski definition) is 1. The lowest BCUT2D eigenvalue weighted by atomic mass is 9.69. The highest BCUT2D eigenvalue weighted by Crippen LogP contribution is 2.39. The van der Waals surface area contributed by atoms with Crippen LogP contribution < -0.4 is 5.73 Å². The summed E-state index contributed by atoms with van der Waals surface area (Å²) in [4.78, 5) is 0. The lowest BCUT2D eigenvalue weighted by molar-refractivity contribution is 0.151. The molecule has 0 amide bonds. The first kappa shape index (κ1) is 16.1. The van der Waals surface area contributed by atoms with Crippen molar-refractivity contribution in [2.24, 2.45) is 29.4 Å². The molecular weight excluding hydrogens is 289 g/mol. The topological polar surface area (TPSA) is 26.0 Å². The van der Waals surface area contributed by atoms with E-state index in [1.165, 1.54) is 24.8 Å². The Bertz CT molecular complexity index is 445. The first-order valence-corrected chi connectivity index (χ1v) is 8.40. The SMILES string of the molecule is CC(C)C1CCC(CN)C(Cc2cc(Cl)ccc2Cl)C1. The van der Waals surface area contributed by atoms with Crippen molar-refractivity contribution in [1.82, 2.24) is 0 Å². The molecule has 3 atom stereocenters. The second kappa shape index (κ2) is 7.15. The fourth-order valence-corrected chi connectivity index (χ4v) is 3.90. The van der Waals surface area contributed by atoms with Crippen molar-refractivity contribution >= 4 is 23.2 Å². The van der Waals surface area contributed by atoms with Gasteiger partial charge in [0.2, 0.25) is 0 Å². The molecule has 0 aliphatic heterocycles. The van der Waals surface area contributed by atoms with E-state index in [-0.39, 0.29) is 0 Å². The summed E-state index contributed by atoms with van der Waals surface area (Å²) >= 11 is 12.4. The van der Waals surface area contributed by atoms with Crippen LogP contribution in [0.2, 0.25) is 10.0 Å². The molecule has 2 rings (SSSR count). The maximum atomic E-state index is 6.32. The molecule has 1 aromatic rings. The zero-order chi connectivity index (χ0) is 14.7.